The molecule has 174 valence electrons. The number of carboxylic acid groups (broad SMARTS) is 1. The van der Waals surface area contributed by atoms with Crippen LogP contribution in [0.1, 0.15) is 61.7 Å². The molecule has 1 aliphatic heterocycles. The second-order valence-corrected chi connectivity index (χ2v) is 9.58. The lowest BCUT2D eigenvalue weighted by atomic mass is 9.83. The zero-order valence-corrected chi connectivity index (χ0v) is 19.4. The summed E-state index contributed by atoms with van der Waals surface area (Å²) in [7, 11) is 0. The first-order valence-electron chi connectivity index (χ1n) is 10.6. The van der Waals surface area contributed by atoms with Gasteiger partial charge in [0.2, 0.25) is 0 Å². The van der Waals surface area contributed by atoms with E-state index in [4.69, 9.17) is 4.74 Å². The number of aliphatic carboxylic acids is 1. The van der Waals surface area contributed by atoms with Crippen LogP contribution in [0.4, 0.5) is 10.5 Å². The first-order chi connectivity index (χ1) is 15.3. The number of ether oxygens (including phenoxy) is 1. The monoisotopic (exact) mass is 452 g/mol. The first-order valence-corrected chi connectivity index (χ1v) is 10.6. The van der Waals surface area contributed by atoms with Crippen molar-refractivity contribution in [3.63, 3.8) is 0 Å². The lowest BCUT2D eigenvalue weighted by Crippen LogP contribution is -2.34. The van der Waals surface area contributed by atoms with Crippen molar-refractivity contribution in [2.24, 2.45) is 0 Å². The number of anilines is 1. The Bertz CT molecular complexity index is 1100. The number of hydrogen-bond donors (Lipinski definition) is 2. The predicted octanol–water partition coefficient (Wildman–Crippen LogP) is 4.12. The molecule has 0 atom stereocenters. The van der Waals surface area contributed by atoms with Crippen LogP contribution >= 0.6 is 0 Å². The van der Waals surface area contributed by atoms with Gasteiger partial charge in [0.05, 0.1) is 16.7 Å². The van der Waals surface area contributed by atoms with Gasteiger partial charge in [0, 0.05) is 13.1 Å². The van der Waals surface area contributed by atoms with Crippen molar-refractivity contribution in [1.82, 2.24) is 4.90 Å². The SMILES string of the molecule is CC(C)(C)OC(=O)Nc1ccc(C(C)(C)C(=O)O)cc1C(=O)C(=O)N1Cc2ccccc2C1. The third-order valence-electron chi connectivity index (χ3n) is 5.48. The number of hydrogen-bond acceptors (Lipinski definition) is 5. The molecule has 8 nitrogen and oxygen atoms in total. The van der Waals surface area contributed by atoms with Crippen molar-refractivity contribution in [1.29, 1.82) is 0 Å². The van der Waals surface area contributed by atoms with Gasteiger partial charge in [-0.05, 0) is 63.4 Å². The van der Waals surface area contributed by atoms with Crippen LogP contribution in [-0.4, -0.2) is 39.4 Å². The molecule has 3 rings (SSSR count). The topological polar surface area (TPSA) is 113 Å². The molecule has 33 heavy (non-hydrogen) atoms. The van der Waals surface area contributed by atoms with Crippen LogP contribution in [-0.2, 0) is 32.8 Å². The van der Waals surface area contributed by atoms with Gasteiger partial charge in [-0.2, -0.15) is 0 Å². The zero-order valence-electron chi connectivity index (χ0n) is 19.4. The molecular weight excluding hydrogens is 424 g/mol. The Morgan fingerprint density at radius 3 is 2.03 bits per heavy atom. The van der Waals surface area contributed by atoms with Gasteiger partial charge >= 0.3 is 12.1 Å². The summed E-state index contributed by atoms with van der Waals surface area (Å²) in [6.07, 6.45) is -0.789. The first kappa shape index (κ1) is 24.0. The van der Waals surface area contributed by atoms with Crippen LogP contribution < -0.4 is 5.32 Å². The van der Waals surface area contributed by atoms with Crippen LogP contribution in [0.15, 0.2) is 42.5 Å². The maximum Gasteiger partial charge on any atom is 0.412 e. The second-order valence-electron chi connectivity index (χ2n) is 9.58. The zero-order chi connectivity index (χ0) is 24.6. The summed E-state index contributed by atoms with van der Waals surface area (Å²) in [6.45, 7) is 8.70. The average Bonchev–Trinajstić information content (AvgIpc) is 3.15. The minimum absolute atomic E-state index is 0.0734. The largest absolute Gasteiger partial charge is 0.481 e. The van der Waals surface area contributed by atoms with E-state index in [0.717, 1.165) is 11.1 Å². The average molecular weight is 453 g/mol. The molecule has 0 aromatic heterocycles. The second kappa shape index (κ2) is 8.69. The number of Topliss-reactive ketones (excluding diaryl/α,β-unsaturated/α-hetero) is 1. The molecule has 0 fully saturated rings. The minimum Gasteiger partial charge on any atom is -0.481 e. The van der Waals surface area contributed by atoms with E-state index in [-0.39, 0.29) is 11.3 Å². The smallest absolute Gasteiger partial charge is 0.412 e. The Hall–Kier alpha value is -3.68. The standard InChI is InChI=1S/C25H28N2O6/c1-24(2,3)33-23(32)26-19-11-10-17(25(4,5)22(30)31)12-18(19)20(28)21(29)27-13-15-8-6-7-9-16(15)14-27/h6-12H,13-14H2,1-5H3,(H,26,32)(H,30,31). The fourth-order valence-electron chi connectivity index (χ4n) is 3.50. The van der Waals surface area contributed by atoms with Crippen LogP contribution in [0.25, 0.3) is 0 Å². The highest BCUT2D eigenvalue weighted by Gasteiger charge is 2.34. The van der Waals surface area contributed by atoms with Crippen LogP contribution in [0, 0.1) is 0 Å². The molecule has 8 heteroatoms. The van der Waals surface area contributed by atoms with Gasteiger partial charge < -0.3 is 14.7 Å². The van der Waals surface area contributed by atoms with E-state index < -0.39 is 34.8 Å². The number of nitrogens with zero attached hydrogens (tertiary/aromatic N) is 1. The molecule has 1 aliphatic rings. The van der Waals surface area contributed by atoms with E-state index in [1.807, 2.05) is 24.3 Å². The summed E-state index contributed by atoms with van der Waals surface area (Å²) in [5.41, 5.74) is 0.157. The molecule has 0 saturated carbocycles. The lowest BCUT2D eigenvalue weighted by Gasteiger charge is -2.23. The number of rotatable bonds is 5. The predicted molar refractivity (Wildman–Crippen MR) is 122 cm³/mol. The number of carbonyl (C=O) groups excluding carboxylic acids is 3. The highest BCUT2D eigenvalue weighted by molar-refractivity contribution is 6.44. The van der Waals surface area contributed by atoms with Gasteiger partial charge in [-0.3, -0.25) is 19.7 Å². The highest BCUT2D eigenvalue weighted by atomic mass is 16.6. The van der Waals surface area contributed by atoms with Crippen LogP contribution in [0.2, 0.25) is 0 Å². The van der Waals surface area contributed by atoms with E-state index >= 15 is 0 Å². The number of nitrogens with one attached hydrogen (secondary N) is 1. The summed E-state index contributed by atoms with van der Waals surface area (Å²) in [5.74, 6) is -2.66. The Morgan fingerprint density at radius 2 is 1.52 bits per heavy atom. The summed E-state index contributed by atoms with van der Waals surface area (Å²) in [5, 5.41) is 12.1. The molecule has 0 aliphatic carbocycles. The summed E-state index contributed by atoms with van der Waals surface area (Å²) >= 11 is 0. The molecular formula is C25H28N2O6. The molecule has 2 aromatic carbocycles. The third-order valence-corrected chi connectivity index (χ3v) is 5.48. The number of ketones is 1. The van der Waals surface area contributed by atoms with E-state index in [2.05, 4.69) is 5.32 Å². The number of carbonyl (C=O) groups is 4. The van der Waals surface area contributed by atoms with Gasteiger partial charge in [0.1, 0.15) is 5.60 Å². The fourth-order valence-corrected chi connectivity index (χ4v) is 3.50. The normalized spacial score (nSPS) is 13.3. The van der Waals surface area contributed by atoms with Crippen molar-refractivity contribution in [2.75, 3.05) is 5.32 Å². The molecule has 2 N–H and O–H groups in total. The van der Waals surface area contributed by atoms with Gasteiger partial charge in [-0.25, -0.2) is 4.79 Å². The van der Waals surface area contributed by atoms with Crippen LogP contribution in [0.5, 0.6) is 0 Å². The molecule has 1 heterocycles. The van der Waals surface area contributed by atoms with Gasteiger partial charge in [-0.15, -0.1) is 0 Å². The highest BCUT2D eigenvalue weighted by Crippen LogP contribution is 2.30. The quantitative estimate of drug-likeness (QED) is 0.521. The van der Waals surface area contributed by atoms with E-state index in [1.165, 1.54) is 36.9 Å². The number of fused-ring (bicyclic) bond motifs is 1. The Labute approximate surface area is 192 Å². The lowest BCUT2D eigenvalue weighted by molar-refractivity contribution is -0.142. The van der Waals surface area contributed by atoms with Crippen molar-refractivity contribution < 1.29 is 29.0 Å². The summed E-state index contributed by atoms with van der Waals surface area (Å²) < 4.78 is 5.26. The number of amides is 2. The minimum atomic E-state index is -1.31. The van der Waals surface area contributed by atoms with E-state index in [1.54, 1.807) is 20.8 Å². The summed E-state index contributed by atoms with van der Waals surface area (Å²) in [4.78, 5) is 51.9. The van der Waals surface area contributed by atoms with Crippen LogP contribution in [0.3, 0.4) is 0 Å². The molecule has 0 unspecified atom stereocenters. The molecule has 2 aromatic rings. The van der Waals surface area contributed by atoms with Gasteiger partial charge in [0.15, 0.2) is 0 Å². The van der Waals surface area contributed by atoms with Crippen molar-refractivity contribution >= 4 is 29.4 Å². The van der Waals surface area contributed by atoms with Crippen molar-refractivity contribution in [3.8, 4) is 0 Å². The molecule has 0 spiro atoms. The maximum absolute atomic E-state index is 13.3. The number of carboxylic acids is 1. The maximum atomic E-state index is 13.3. The van der Waals surface area contributed by atoms with Crippen molar-refractivity contribution in [2.45, 2.75) is 58.7 Å². The Morgan fingerprint density at radius 1 is 0.939 bits per heavy atom. The van der Waals surface area contributed by atoms with E-state index in [9.17, 15) is 24.3 Å². The number of benzene rings is 2. The van der Waals surface area contributed by atoms with E-state index in [0.29, 0.717) is 18.7 Å². The molecule has 0 bridgehead atoms. The van der Waals surface area contributed by atoms with Gasteiger partial charge in [-0.1, -0.05) is 30.3 Å². The van der Waals surface area contributed by atoms with Gasteiger partial charge in [0.25, 0.3) is 11.7 Å². The molecule has 0 radical (unpaired) electrons. The summed E-state index contributed by atoms with van der Waals surface area (Å²) in [6, 6.07) is 11.8. The fraction of sp³-hybridized carbons (Fsp3) is 0.360. The van der Waals surface area contributed by atoms with Crippen molar-refractivity contribution in [3.05, 3.63) is 64.7 Å². The molecule has 2 amide bonds. The Balaban J connectivity index is 1.95. The third kappa shape index (κ3) is 5.22. The molecule has 0 saturated heterocycles. The Kier molecular flexibility index (Phi) is 6.31.